The average Bonchev–Trinajstić information content (AvgIpc) is 2.56. The smallest absolute Gasteiger partial charge is 0.329 e. The molecule has 0 aliphatic rings. The molecule has 2 N–H and O–H groups in total. The number of carbonyl (C=O) groups excluding carboxylic acids is 3. The molecule has 1 aromatic carbocycles. The first-order valence-corrected chi connectivity index (χ1v) is 9.62. The van der Waals surface area contributed by atoms with E-state index in [0.29, 0.717) is 17.2 Å². The van der Waals surface area contributed by atoms with Gasteiger partial charge in [-0.25, -0.2) is 4.79 Å². The van der Waals surface area contributed by atoms with Crippen molar-refractivity contribution in [2.24, 2.45) is 0 Å². The maximum Gasteiger partial charge on any atom is 0.329 e. The van der Waals surface area contributed by atoms with Crippen LogP contribution in [0.3, 0.4) is 0 Å². The Bertz CT molecular complexity index is 610. The first-order chi connectivity index (χ1) is 11.8. The van der Waals surface area contributed by atoms with E-state index in [0.717, 1.165) is 0 Å². The third-order valence-electron chi connectivity index (χ3n) is 3.11. The lowest BCUT2D eigenvalue weighted by Gasteiger charge is -2.18. The average molecular weight is 387 g/mol. The first kappa shape index (κ1) is 21.3. The van der Waals surface area contributed by atoms with Gasteiger partial charge in [-0.1, -0.05) is 23.7 Å². The minimum Gasteiger partial charge on any atom is -0.454 e. The van der Waals surface area contributed by atoms with Gasteiger partial charge in [0.1, 0.15) is 6.04 Å². The molecule has 0 saturated heterocycles. The minimum absolute atomic E-state index is 0.0431. The number of hydrogen-bond donors (Lipinski definition) is 2. The summed E-state index contributed by atoms with van der Waals surface area (Å²) < 4.78 is 5.02. The van der Waals surface area contributed by atoms with Crippen molar-refractivity contribution in [1.82, 2.24) is 10.6 Å². The predicted molar refractivity (Wildman–Crippen MR) is 99.9 cm³/mol. The van der Waals surface area contributed by atoms with E-state index in [1.165, 1.54) is 0 Å². The van der Waals surface area contributed by atoms with Crippen molar-refractivity contribution >= 4 is 41.1 Å². The predicted octanol–water partition coefficient (Wildman–Crippen LogP) is 2.26. The number of benzene rings is 1. The van der Waals surface area contributed by atoms with E-state index in [-0.39, 0.29) is 24.1 Å². The summed E-state index contributed by atoms with van der Waals surface area (Å²) in [5, 5.41) is 5.56. The van der Waals surface area contributed by atoms with Crippen LogP contribution in [-0.2, 0) is 14.3 Å². The van der Waals surface area contributed by atoms with Crippen molar-refractivity contribution < 1.29 is 19.1 Å². The highest BCUT2D eigenvalue weighted by Crippen LogP contribution is 2.15. The Labute approximate surface area is 157 Å². The Morgan fingerprint density at radius 2 is 1.88 bits per heavy atom. The SMILES string of the molecule is CSCC[C@@H](NC(=O)c1ccccc1Cl)C(=O)OCC(=O)NC(C)C. The van der Waals surface area contributed by atoms with Crippen LogP contribution in [0.25, 0.3) is 0 Å². The third-order valence-corrected chi connectivity index (χ3v) is 4.09. The molecule has 0 fully saturated rings. The van der Waals surface area contributed by atoms with Gasteiger partial charge in [-0.05, 0) is 44.4 Å². The molecule has 0 heterocycles. The number of halogens is 1. The van der Waals surface area contributed by atoms with E-state index in [1.807, 2.05) is 20.1 Å². The normalized spacial score (nSPS) is 11.7. The zero-order valence-corrected chi connectivity index (χ0v) is 16.1. The summed E-state index contributed by atoms with van der Waals surface area (Å²) in [6.07, 6.45) is 2.29. The van der Waals surface area contributed by atoms with Gasteiger partial charge in [0.15, 0.2) is 6.61 Å². The highest BCUT2D eigenvalue weighted by molar-refractivity contribution is 7.98. The lowest BCUT2D eigenvalue weighted by Crippen LogP contribution is -2.43. The molecule has 1 rings (SSSR count). The molecule has 0 saturated carbocycles. The maximum atomic E-state index is 12.3. The van der Waals surface area contributed by atoms with Crippen LogP contribution in [0, 0.1) is 0 Å². The van der Waals surface area contributed by atoms with Crippen LogP contribution < -0.4 is 10.6 Å². The van der Waals surface area contributed by atoms with Crippen LogP contribution in [0.2, 0.25) is 5.02 Å². The molecular weight excluding hydrogens is 364 g/mol. The molecule has 1 atom stereocenters. The summed E-state index contributed by atoms with van der Waals surface area (Å²) in [7, 11) is 0. The zero-order chi connectivity index (χ0) is 18.8. The lowest BCUT2D eigenvalue weighted by molar-refractivity contribution is -0.150. The quantitative estimate of drug-likeness (QED) is 0.636. The molecule has 1 aromatic rings. The van der Waals surface area contributed by atoms with E-state index in [2.05, 4.69) is 10.6 Å². The number of carbonyl (C=O) groups is 3. The molecule has 0 unspecified atom stereocenters. The fourth-order valence-electron chi connectivity index (χ4n) is 1.97. The Kier molecular flexibility index (Phi) is 9.37. The van der Waals surface area contributed by atoms with Crippen molar-refractivity contribution in [3.63, 3.8) is 0 Å². The van der Waals surface area contributed by atoms with Gasteiger partial charge >= 0.3 is 5.97 Å². The Morgan fingerprint density at radius 1 is 1.20 bits per heavy atom. The number of amides is 2. The van der Waals surface area contributed by atoms with E-state index in [4.69, 9.17) is 16.3 Å². The van der Waals surface area contributed by atoms with Crippen LogP contribution >= 0.6 is 23.4 Å². The topological polar surface area (TPSA) is 84.5 Å². The van der Waals surface area contributed by atoms with Crippen LogP contribution in [-0.4, -0.2) is 48.5 Å². The Balaban J connectivity index is 2.69. The molecule has 0 aliphatic heterocycles. The molecule has 0 aliphatic carbocycles. The molecule has 0 spiro atoms. The molecule has 2 amide bonds. The van der Waals surface area contributed by atoms with Gasteiger partial charge in [-0.2, -0.15) is 11.8 Å². The number of esters is 1. The summed E-state index contributed by atoms with van der Waals surface area (Å²) in [6.45, 7) is 3.24. The van der Waals surface area contributed by atoms with Crippen LogP contribution in [0.4, 0.5) is 0 Å². The first-order valence-electron chi connectivity index (χ1n) is 7.85. The second-order valence-electron chi connectivity index (χ2n) is 5.62. The second-order valence-corrected chi connectivity index (χ2v) is 7.01. The van der Waals surface area contributed by atoms with Crippen molar-refractivity contribution in [2.45, 2.75) is 32.4 Å². The highest BCUT2D eigenvalue weighted by atomic mass is 35.5. The van der Waals surface area contributed by atoms with Gasteiger partial charge in [-0.3, -0.25) is 9.59 Å². The summed E-state index contributed by atoms with van der Waals surface area (Å²) in [5.74, 6) is -0.834. The fourth-order valence-corrected chi connectivity index (χ4v) is 2.66. The maximum absolute atomic E-state index is 12.3. The molecule has 0 bridgehead atoms. The third kappa shape index (κ3) is 7.79. The van der Waals surface area contributed by atoms with Crippen LogP contribution in [0.5, 0.6) is 0 Å². The largest absolute Gasteiger partial charge is 0.454 e. The standard InChI is InChI=1S/C17H23ClN2O4S/c1-11(2)19-15(21)10-24-17(23)14(8-9-25-3)20-16(22)12-6-4-5-7-13(12)18/h4-7,11,14H,8-10H2,1-3H3,(H,19,21)(H,20,22)/t14-/m1/s1. The van der Waals surface area contributed by atoms with Crippen molar-refractivity contribution in [2.75, 3.05) is 18.6 Å². The van der Waals surface area contributed by atoms with Gasteiger partial charge in [-0.15, -0.1) is 0 Å². The number of nitrogens with one attached hydrogen (secondary N) is 2. The number of thioether (sulfide) groups is 1. The molecule has 138 valence electrons. The van der Waals surface area contributed by atoms with Gasteiger partial charge in [0.25, 0.3) is 11.8 Å². The zero-order valence-electron chi connectivity index (χ0n) is 14.5. The van der Waals surface area contributed by atoms with Crippen molar-refractivity contribution in [3.8, 4) is 0 Å². The minimum atomic E-state index is -0.844. The van der Waals surface area contributed by atoms with E-state index < -0.39 is 17.9 Å². The van der Waals surface area contributed by atoms with Crippen LogP contribution in [0.1, 0.15) is 30.6 Å². The van der Waals surface area contributed by atoms with Crippen molar-refractivity contribution in [3.05, 3.63) is 34.9 Å². The highest BCUT2D eigenvalue weighted by Gasteiger charge is 2.24. The van der Waals surface area contributed by atoms with Gasteiger partial charge < -0.3 is 15.4 Å². The molecule has 0 radical (unpaired) electrons. The Morgan fingerprint density at radius 3 is 2.48 bits per heavy atom. The molecule has 0 aromatic heterocycles. The number of rotatable bonds is 9. The summed E-state index contributed by atoms with van der Waals surface area (Å²) in [6, 6.07) is 5.69. The van der Waals surface area contributed by atoms with E-state index in [1.54, 1.807) is 36.0 Å². The fraction of sp³-hybridized carbons (Fsp3) is 0.471. The summed E-state index contributed by atoms with van der Waals surface area (Å²) in [5.41, 5.74) is 0.281. The van der Waals surface area contributed by atoms with Crippen molar-refractivity contribution in [1.29, 1.82) is 0 Å². The molecule has 8 heteroatoms. The second kappa shape index (κ2) is 11.0. The monoisotopic (exact) mass is 386 g/mol. The van der Waals surface area contributed by atoms with E-state index in [9.17, 15) is 14.4 Å². The van der Waals surface area contributed by atoms with E-state index >= 15 is 0 Å². The van der Waals surface area contributed by atoms with Crippen LogP contribution in [0.15, 0.2) is 24.3 Å². The van der Waals surface area contributed by atoms with Gasteiger partial charge in [0.05, 0.1) is 10.6 Å². The lowest BCUT2D eigenvalue weighted by atomic mass is 10.1. The summed E-state index contributed by atoms with van der Waals surface area (Å²) in [4.78, 5) is 36.2. The number of hydrogen-bond acceptors (Lipinski definition) is 5. The molecular formula is C17H23ClN2O4S. The van der Waals surface area contributed by atoms with Gasteiger partial charge in [0.2, 0.25) is 0 Å². The Hall–Kier alpha value is -1.73. The summed E-state index contributed by atoms with van der Waals surface area (Å²) >= 11 is 7.55. The number of ether oxygens (including phenoxy) is 1. The molecule has 25 heavy (non-hydrogen) atoms. The molecule has 6 nitrogen and oxygen atoms in total. The van der Waals surface area contributed by atoms with Gasteiger partial charge in [0, 0.05) is 6.04 Å².